The molecule has 0 amide bonds. The van der Waals surface area contributed by atoms with Gasteiger partial charge in [0.2, 0.25) is 0 Å². The zero-order valence-electron chi connectivity index (χ0n) is 10.6. The van der Waals surface area contributed by atoms with Crippen molar-refractivity contribution in [2.45, 2.75) is 13.3 Å². The minimum atomic E-state index is -2.97. The molecule has 0 aromatic heterocycles. The molecule has 0 unspecified atom stereocenters. The van der Waals surface area contributed by atoms with E-state index in [0.29, 0.717) is 22.8 Å². The van der Waals surface area contributed by atoms with E-state index in [-0.39, 0.29) is 23.1 Å². The van der Waals surface area contributed by atoms with Gasteiger partial charge in [0, 0.05) is 10.8 Å². The molecule has 0 aliphatic carbocycles. The number of hydrogen-bond donors (Lipinski definition) is 1. The Labute approximate surface area is 123 Å². The summed E-state index contributed by atoms with van der Waals surface area (Å²) in [6.07, 6.45) is 0.416. The van der Waals surface area contributed by atoms with Crippen molar-refractivity contribution in [2.24, 2.45) is 5.73 Å². The molecule has 1 aromatic carbocycles. The number of halogens is 1. The number of thiocarbonyl (C=S) groups is 1. The summed E-state index contributed by atoms with van der Waals surface area (Å²) in [5, 5.41) is 0.510. The average molecular weight is 322 g/mol. The Bertz CT molecular complexity index is 558. The van der Waals surface area contributed by atoms with Crippen LogP contribution in [0.5, 0.6) is 5.75 Å². The van der Waals surface area contributed by atoms with Crippen molar-refractivity contribution in [3.63, 3.8) is 0 Å². The standard InChI is InChI=1S/C12H16ClNO3S2/c1-2-19(15,16)7-3-6-17-11-8-9(13)4-5-10(11)12(14)18/h4-5,8H,2-3,6-7H2,1H3,(H2,14,18). The second kappa shape index (κ2) is 7.07. The molecule has 7 heteroatoms. The third-order valence-electron chi connectivity index (χ3n) is 2.51. The van der Waals surface area contributed by atoms with Crippen LogP contribution in [0.15, 0.2) is 18.2 Å². The van der Waals surface area contributed by atoms with E-state index in [4.69, 9.17) is 34.3 Å². The van der Waals surface area contributed by atoms with E-state index in [1.807, 2.05) is 0 Å². The van der Waals surface area contributed by atoms with E-state index >= 15 is 0 Å². The first-order chi connectivity index (χ1) is 8.85. The van der Waals surface area contributed by atoms with Gasteiger partial charge in [-0.25, -0.2) is 8.42 Å². The van der Waals surface area contributed by atoms with Crippen molar-refractivity contribution < 1.29 is 13.2 Å². The monoisotopic (exact) mass is 321 g/mol. The third-order valence-corrected chi connectivity index (χ3v) is 4.75. The van der Waals surface area contributed by atoms with Gasteiger partial charge in [0.25, 0.3) is 0 Å². The smallest absolute Gasteiger partial charge is 0.150 e. The Morgan fingerprint density at radius 1 is 1.47 bits per heavy atom. The van der Waals surface area contributed by atoms with Crippen molar-refractivity contribution in [1.82, 2.24) is 0 Å². The van der Waals surface area contributed by atoms with Gasteiger partial charge in [0.15, 0.2) is 0 Å². The molecular formula is C12H16ClNO3S2. The van der Waals surface area contributed by atoms with Crippen LogP contribution in [0.3, 0.4) is 0 Å². The normalized spacial score (nSPS) is 11.3. The van der Waals surface area contributed by atoms with E-state index in [0.717, 1.165) is 0 Å². The molecule has 0 fully saturated rings. The third kappa shape index (κ3) is 5.34. The number of nitrogens with two attached hydrogens (primary N) is 1. The first kappa shape index (κ1) is 16.2. The van der Waals surface area contributed by atoms with Gasteiger partial charge in [-0.1, -0.05) is 30.7 Å². The van der Waals surface area contributed by atoms with Crippen LogP contribution >= 0.6 is 23.8 Å². The highest BCUT2D eigenvalue weighted by Gasteiger charge is 2.09. The van der Waals surface area contributed by atoms with E-state index in [2.05, 4.69) is 0 Å². The molecule has 1 rings (SSSR count). The molecule has 1 aromatic rings. The van der Waals surface area contributed by atoms with E-state index < -0.39 is 9.84 Å². The molecule has 0 aliphatic heterocycles. The van der Waals surface area contributed by atoms with Crippen LogP contribution in [0.2, 0.25) is 5.02 Å². The minimum absolute atomic E-state index is 0.104. The Kier molecular flexibility index (Phi) is 6.03. The van der Waals surface area contributed by atoms with E-state index in [9.17, 15) is 8.42 Å². The molecule has 106 valence electrons. The summed E-state index contributed by atoms with van der Waals surface area (Å²) in [5.41, 5.74) is 6.17. The number of hydrogen-bond acceptors (Lipinski definition) is 4. The van der Waals surface area contributed by atoms with Crippen molar-refractivity contribution in [1.29, 1.82) is 0 Å². The molecule has 0 saturated heterocycles. The lowest BCUT2D eigenvalue weighted by atomic mass is 10.2. The number of rotatable bonds is 7. The van der Waals surface area contributed by atoms with Gasteiger partial charge in [-0.3, -0.25) is 0 Å². The Balaban J connectivity index is 2.63. The lowest BCUT2D eigenvalue weighted by molar-refractivity contribution is 0.317. The molecule has 0 spiro atoms. The summed E-state index contributed by atoms with van der Waals surface area (Å²) in [7, 11) is -2.97. The Morgan fingerprint density at radius 2 is 2.16 bits per heavy atom. The van der Waals surface area contributed by atoms with Gasteiger partial charge in [-0.15, -0.1) is 0 Å². The highest BCUT2D eigenvalue weighted by Crippen LogP contribution is 2.23. The number of ether oxygens (including phenoxy) is 1. The molecule has 0 bridgehead atoms. The van der Waals surface area contributed by atoms with Crippen LogP contribution in [0.4, 0.5) is 0 Å². The summed E-state index contributed by atoms with van der Waals surface area (Å²) < 4.78 is 28.1. The van der Waals surface area contributed by atoms with E-state index in [1.165, 1.54) is 0 Å². The quantitative estimate of drug-likeness (QED) is 0.615. The summed E-state index contributed by atoms with van der Waals surface area (Å²) in [5.74, 6) is 0.725. The van der Waals surface area contributed by atoms with Gasteiger partial charge in [0.1, 0.15) is 20.6 Å². The molecule has 0 saturated carbocycles. The first-order valence-electron chi connectivity index (χ1n) is 5.78. The van der Waals surface area contributed by atoms with Crippen LogP contribution in [-0.4, -0.2) is 31.5 Å². The highest BCUT2D eigenvalue weighted by atomic mass is 35.5. The van der Waals surface area contributed by atoms with Gasteiger partial charge in [-0.05, 0) is 24.6 Å². The SMILES string of the molecule is CCS(=O)(=O)CCCOc1cc(Cl)ccc1C(N)=S. The van der Waals surface area contributed by atoms with Gasteiger partial charge < -0.3 is 10.5 Å². The highest BCUT2D eigenvalue weighted by molar-refractivity contribution is 7.91. The zero-order valence-corrected chi connectivity index (χ0v) is 12.9. The fraction of sp³-hybridized carbons (Fsp3) is 0.417. The molecule has 0 heterocycles. The lowest BCUT2D eigenvalue weighted by Crippen LogP contribution is -2.14. The molecule has 0 radical (unpaired) electrons. The molecular weight excluding hydrogens is 306 g/mol. The topological polar surface area (TPSA) is 69.4 Å². The molecule has 0 aliphatic rings. The fourth-order valence-corrected chi connectivity index (χ4v) is 2.60. The number of benzene rings is 1. The van der Waals surface area contributed by atoms with Gasteiger partial charge in [-0.2, -0.15) is 0 Å². The summed E-state index contributed by atoms with van der Waals surface area (Å²) >= 11 is 10.8. The van der Waals surface area contributed by atoms with Crippen molar-refractivity contribution >= 4 is 38.6 Å². The molecule has 0 atom stereocenters. The van der Waals surface area contributed by atoms with E-state index in [1.54, 1.807) is 25.1 Å². The molecule has 2 N–H and O–H groups in total. The second-order valence-corrected chi connectivity index (χ2v) is 7.29. The number of sulfone groups is 1. The summed E-state index contributed by atoms with van der Waals surface area (Å²) in [6.45, 7) is 1.90. The minimum Gasteiger partial charge on any atom is -0.493 e. The predicted molar refractivity (Wildman–Crippen MR) is 81.8 cm³/mol. The lowest BCUT2D eigenvalue weighted by Gasteiger charge is -2.11. The molecule has 4 nitrogen and oxygen atoms in total. The maximum absolute atomic E-state index is 11.3. The van der Waals surface area contributed by atoms with Gasteiger partial charge >= 0.3 is 0 Å². The largest absolute Gasteiger partial charge is 0.493 e. The molecule has 19 heavy (non-hydrogen) atoms. The fourth-order valence-electron chi connectivity index (χ4n) is 1.42. The van der Waals surface area contributed by atoms with Crippen LogP contribution in [0, 0.1) is 0 Å². The predicted octanol–water partition coefficient (Wildman–Crippen LogP) is 2.18. The van der Waals surface area contributed by atoms with Crippen LogP contribution in [0.1, 0.15) is 18.9 Å². The first-order valence-corrected chi connectivity index (χ1v) is 8.39. The Morgan fingerprint density at radius 3 is 2.74 bits per heavy atom. The maximum Gasteiger partial charge on any atom is 0.150 e. The van der Waals surface area contributed by atoms with Crippen molar-refractivity contribution in [3.8, 4) is 5.75 Å². The van der Waals surface area contributed by atoms with Crippen LogP contribution in [0.25, 0.3) is 0 Å². The van der Waals surface area contributed by atoms with Crippen LogP contribution in [-0.2, 0) is 9.84 Å². The van der Waals surface area contributed by atoms with Crippen LogP contribution < -0.4 is 10.5 Å². The summed E-state index contributed by atoms with van der Waals surface area (Å²) in [4.78, 5) is 0.216. The second-order valence-electron chi connectivity index (χ2n) is 3.94. The van der Waals surface area contributed by atoms with Gasteiger partial charge in [0.05, 0.1) is 17.9 Å². The summed E-state index contributed by atoms with van der Waals surface area (Å²) in [6, 6.07) is 4.97. The van der Waals surface area contributed by atoms with Crippen molar-refractivity contribution in [2.75, 3.05) is 18.1 Å². The van der Waals surface area contributed by atoms with Crippen molar-refractivity contribution in [3.05, 3.63) is 28.8 Å². The average Bonchev–Trinajstić information content (AvgIpc) is 2.34. The maximum atomic E-state index is 11.3. The Hall–Kier alpha value is -0.850. The zero-order chi connectivity index (χ0) is 14.5.